The van der Waals surface area contributed by atoms with Gasteiger partial charge in [-0.3, -0.25) is 14.2 Å². The van der Waals surface area contributed by atoms with Crippen LogP contribution in [-0.2, 0) is 9.59 Å². The zero-order chi connectivity index (χ0) is 27.7. The molecular formula is C26H29Cl2N9O2. The predicted molar refractivity (Wildman–Crippen MR) is 149 cm³/mol. The summed E-state index contributed by atoms with van der Waals surface area (Å²) in [5.41, 5.74) is 7.55. The maximum atomic E-state index is 11.9. The molecule has 1 saturated carbocycles. The second kappa shape index (κ2) is 11.2. The van der Waals surface area contributed by atoms with E-state index in [1.807, 2.05) is 15.5 Å². The minimum absolute atomic E-state index is 0.00494. The molecular weight excluding hydrogens is 541 g/mol. The number of halogens is 2. The molecule has 5 rings (SSSR count). The molecule has 3 heterocycles. The summed E-state index contributed by atoms with van der Waals surface area (Å²) in [6.45, 7) is 2.93. The van der Waals surface area contributed by atoms with E-state index >= 15 is 0 Å². The molecule has 1 aliphatic carbocycles. The topological polar surface area (TPSA) is 155 Å². The fourth-order valence-electron chi connectivity index (χ4n) is 5.45. The lowest BCUT2D eigenvalue weighted by Crippen LogP contribution is -2.44. The molecule has 0 radical (unpaired) electrons. The van der Waals surface area contributed by atoms with E-state index in [9.17, 15) is 14.9 Å². The normalized spacial score (nSPS) is 21.4. The van der Waals surface area contributed by atoms with Gasteiger partial charge >= 0.3 is 0 Å². The lowest BCUT2D eigenvalue weighted by Gasteiger charge is -2.32. The van der Waals surface area contributed by atoms with Gasteiger partial charge in [-0.2, -0.15) is 10.2 Å². The Labute approximate surface area is 235 Å². The van der Waals surface area contributed by atoms with Crippen LogP contribution in [0.2, 0.25) is 10.0 Å². The Morgan fingerprint density at radius 1 is 1.13 bits per heavy atom. The summed E-state index contributed by atoms with van der Waals surface area (Å²) in [6, 6.07) is 5.15. The minimum Gasteiger partial charge on any atom is -0.369 e. The second-order valence-electron chi connectivity index (χ2n) is 10.1. The summed E-state index contributed by atoms with van der Waals surface area (Å²) >= 11 is 12.9. The lowest BCUT2D eigenvalue weighted by atomic mass is 9.85. The third-order valence-electron chi connectivity index (χ3n) is 7.50. The molecule has 2 aromatic heterocycles. The summed E-state index contributed by atoms with van der Waals surface area (Å²) in [7, 11) is 0. The summed E-state index contributed by atoms with van der Waals surface area (Å²) in [5.74, 6) is 0.550. The van der Waals surface area contributed by atoms with Gasteiger partial charge in [0, 0.05) is 38.0 Å². The monoisotopic (exact) mass is 569 g/mol. The average molecular weight is 570 g/mol. The van der Waals surface area contributed by atoms with Crippen LogP contribution in [0.5, 0.6) is 0 Å². The molecule has 1 aliphatic heterocycles. The van der Waals surface area contributed by atoms with Crippen LogP contribution in [0, 0.1) is 17.2 Å². The quantitative estimate of drug-likeness (QED) is 0.394. The number of piperidine rings is 1. The smallest absolute Gasteiger partial charge is 0.225 e. The van der Waals surface area contributed by atoms with Crippen molar-refractivity contribution in [3.05, 3.63) is 33.9 Å². The first kappa shape index (κ1) is 27.0. The SMILES string of the molecule is CC(=O)N1CCCC(Nc2ncc3nc(Nc4c(Cl)cc(C#N)cc4Cl)n(C4CCC(C(N)=O)CC4)c3n2)C1. The molecule has 3 aromatic rings. The Kier molecular flexibility index (Phi) is 7.77. The summed E-state index contributed by atoms with van der Waals surface area (Å²) in [4.78, 5) is 39.6. The summed E-state index contributed by atoms with van der Waals surface area (Å²) in [5, 5.41) is 16.5. The van der Waals surface area contributed by atoms with Crippen LogP contribution in [0.25, 0.3) is 11.2 Å². The molecule has 11 nitrogen and oxygen atoms in total. The molecule has 13 heteroatoms. The number of carbonyl (C=O) groups is 2. The third-order valence-corrected chi connectivity index (χ3v) is 8.10. The van der Waals surface area contributed by atoms with E-state index in [1.165, 1.54) is 12.1 Å². The van der Waals surface area contributed by atoms with Crippen LogP contribution in [0.3, 0.4) is 0 Å². The third kappa shape index (κ3) is 5.72. The van der Waals surface area contributed by atoms with Crippen molar-refractivity contribution in [1.82, 2.24) is 24.4 Å². The van der Waals surface area contributed by atoms with Crippen molar-refractivity contribution in [1.29, 1.82) is 5.26 Å². The fourth-order valence-corrected chi connectivity index (χ4v) is 6.03. The van der Waals surface area contributed by atoms with Gasteiger partial charge in [0.25, 0.3) is 0 Å². The van der Waals surface area contributed by atoms with Crippen LogP contribution in [0.1, 0.15) is 57.1 Å². The molecule has 2 fully saturated rings. The van der Waals surface area contributed by atoms with E-state index in [4.69, 9.17) is 38.9 Å². The van der Waals surface area contributed by atoms with Crippen LogP contribution in [0.15, 0.2) is 18.3 Å². The van der Waals surface area contributed by atoms with Crippen molar-refractivity contribution in [2.45, 2.75) is 57.5 Å². The standard InChI is InChI=1S/C26H29Cl2N9O2/c1-14(38)36-8-2-3-17(13-36)32-25-31-12-21-24(35-25)37(18-6-4-16(5-7-18)23(30)39)26(33-21)34-22-19(27)9-15(11-29)10-20(22)28/h9-10,12,16-18H,2-8,13H2,1H3,(H2,30,39)(H,33,34)(H,31,32,35). The number of hydrogen-bond donors (Lipinski definition) is 3. The van der Waals surface area contributed by atoms with Gasteiger partial charge in [0.15, 0.2) is 5.65 Å². The number of hydrogen-bond acceptors (Lipinski definition) is 8. The minimum atomic E-state index is -0.278. The molecule has 4 N–H and O–H groups in total. The van der Waals surface area contributed by atoms with E-state index in [0.29, 0.717) is 66.5 Å². The molecule has 1 unspecified atom stereocenters. The zero-order valence-corrected chi connectivity index (χ0v) is 23.0. The highest BCUT2D eigenvalue weighted by molar-refractivity contribution is 6.39. The molecule has 1 aromatic carbocycles. The van der Waals surface area contributed by atoms with E-state index in [0.717, 1.165) is 19.4 Å². The van der Waals surface area contributed by atoms with Gasteiger partial charge in [-0.05, 0) is 50.7 Å². The first-order valence-electron chi connectivity index (χ1n) is 13.0. The average Bonchev–Trinajstić information content (AvgIpc) is 3.28. The van der Waals surface area contributed by atoms with Gasteiger partial charge < -0.3 is 21.3 Å². The van der Waals surface area contributed by atoms with Gasteiger partial charge in [-0.15, -0.1) is 0 Å². The largest absolute Gasteiger partial charge is 0.369 e. The van der Waals surface area contributed by atoms with Crippen LogP contribution >= 0.6 is 23.2 Å². The van der Waals surface area contributed by atoms with E-state index in [1.54, 1.807) is 13.1 Å². The number of anilines is 3. The van der Waals surface area contributed by atoms with Crippen LogP contribution in [0.4, 0.5) is 17.6 Å². The number of nitrogens with zero attached hydrogens (tertiary/aromatic N) is 6. The second-order valence-corrected chi connectivity index (χ2v) is 10.9. The highest BCUT2D eigenvalue weighted by atomic mass is 35.5. The Morgan fingerprint density at radius 3 is 2.49 bits per heavy atom. The maximum Gasteiger partial charge on any atom is 0.225 e. The number of benzene rings is 1. The van der Waals surface area contributed by atoms with Gasteiger partial charge in [-0.25, -0.2) is 9.97 Å². The number of nitrogens with one attached hydrogen (secondary N) is 2. The highest BCUT2D eigenvalue weighted by Crippen LogP contribution is 2.39. The fraction of sp³-hybridized carbons (Fsp3) is 0.462. The Morgan fingerprint density at radius 2 is 1.85 bits per heavy atom. The van der Waals surface area contributed by atoms with Gasteiger partial charge in [0.05, 0.1) is 33.6 Å². The molecule has 0 bridgehead atoms. The number of nitriles is 1. The van der Waals surface area contributed by atoms with Crippen molar-refractivity contribution in [3.8, 4) is 6.07 Å². The first-order valence-corrected chi connectivity index (χ1v) is 13.7. The first-order chi connectivity index (χ1) is 18.7. The zero-order valence-electron chi connectivity index (χ0n) is 21.5. The number of imidazole rings is 1. The van der Waals surface area contributed by atoms with Crippen molar-refractivity contribution in [2.75, 3.05) is 23.7 Å². The van der Waals surface area contributed by atoms with Gasteiger partial charge in [0.2, 0.25) is 23.7 Å². The van der Waals surface area contributed by atoms with Crippen LogP contribution < -0.4 is 16.4 Å². The van der Waals surface area contributed by atoms with Crippen LogP contribution in [-0.4, -0.2) is 55.4 Å². The van der Waals surface area contributed by atoms with Crippen molar-refractivity contribution < 1.29 is 9.59 Å². The van der Waals surface area contributed by atoms with E-state index in [-0.39, 0.29) is 39.9 Å². The number of amides is 2. The molecule has 39 heavy (non-hydrogen) atoms. The summed E-state index contributed by atoms with van der Waals surface area (Å²) in [6.07, 6.45) is 6.23. The molecule has 0 spiro atoms. The predicted octanol–water partition coefficient (Wildman–Crippen LogP) is 4.39. The number of nitrogens with two attached hydrogens (primary N) is 1. The number of aromatic nitrogens is 4. The molecule has 204 valence electrons. The maximum absolute atomic E-state index is 11.9. The summed E-state index contributed by atoms with van der Waals surface area (Å²) < 4.78 is 2.01. The Balaban J connectivity index is 1.50. The Bertz CT molecular complexity index is 1440. The highest BCUT2D eigenvalue weighted by Gasteiger charge is 2.30. The number of carbonyl (C=O) groups excluding carboxylic acids is 2. The molecule has 2 amide bonds. The lowest BCUT2D eigenvalue weighted by molar-refractivity contribution is -0.129. The molecule has 1 saturated heterocycles. The molecule has 2 aliphatic rings. The van der Waals surface area contributed by atoms with Crippen molar-refractivity contribution >= 4 is 63.8 Å². The van der Waals surface area contributed by atoms with Crippen molar-refractivity contribution in [3.63, 3.8) is 0 Å². The number of fused-ring (bicyclic) bond motifs is 1. The molecule has 1 atom stereocenters. The van der Waals surface area contributed by atoms with E-state index < -0.39 is 0 Å². The number of rotatable bonds is 6. The number of primary amides is 1. The van der Waals surface area contributed by atoms with E-state index in [2.05, 4.69) is 15.6 Å². The number of likely N-dealkylation sites (tertiary alicyclic amines) is 1. The van der Waals surface area contributed by atoms with Gasteiger partial charge in [-0.1, -0.05) is 23.2 Å². The van der Waals surface area contributed by atoms with Gasteiger partial charge in [0.1, 0.15) is 5.52 Å². The Hall–Kier alpha value is -3.62. The van der Waals surface area contributed by atoms with Crippen molar-refractivity contribution in [2.24, 2.45) is 11.7 Å².